The molecule has 33 heavy (non-hydrogen) atoms. The van der Waals surface area contributed by atoms with Crippen LogP contribution in [0.25, 0.3) is 0 Å². The van der Waals surface area contributed by atoms with E-state index in [4.69, 9.17) is 4.74 Å². The highest BCUT2D eigenvalue weighted by molar-refractivity contribution is 7.92. The first-order valence-electron chi connectivity index (χ1n) is 11.1. The predicted molar refractivity (Wildman–Crippen MR) is 128 cm³/mol. The topological polar surface area (TPSA) is 66.9 Å². The summed E-state index contributed by atoms with van der Waals surface area (Å²) in [7, 11) is -3.67. The van der Waals surface area contributed by atoms with E-state index in [9.17, 15) is 13.2 Å². The smallest absolute Gasteiger partial charge is 0.265 e. The Morgan fingerprint density at radius 1 is 1.00 bits per heavy atom. The summed E-state index contributed by atoms with van der Waals surface area (Å²) in [5.74, 6) is 0.390. The number of nitrogens with zero attached hydrogens (tertiary/aromatic N) is 2. The van der Waals surface area contributed by atoms with Crippen molar-refractivity contribution < 1.29 is 17.9 Å². The van der Waals surface area contributed by atoms with Gasteiger partial charge < -0.3 is 9.64 Å². The largest absolute Gasteiger partial charge is 0.483 e. The molecule has 2 heterocycles. The van der Waals surface area contributed by atoms with E-state index in [-0.39, 0.29) is 23.5 Å². The summed E-state index contributed by atoms with van der Waals surface area (Å²) >= 11 is 0. The van der Waals surface area contributed by atoms with Crippen LogP contribution in [0.15, 0.2) is 71.6 Å². The summed E-state index contributed by atoms with van der Waals surface area (Å²) in [5, 5.41) is 0. The number of ether oxygens (including phenoxy) is 1. The second-order valence-electron chi connectivity index (χ2n) is 8.62. The molecule has 0 aliphatic carbocycles. The molecule has 1 atom stereocenters. The van der Waals surface area contributed by atoms with Crippen molar-refractivity contribution in [1.29, 1.82) is 0 Å². The Morgan fingerprint density at radius 2 is 1.70 bits per heavy atom. The molecule has 2 aliphatic rings. The molecule has 6 nitrogen and oxygen atoms in total. The number of sulfonamides is 1. The summed E-state index contributed by atoms with van der Waals surface area (Å²) < 4.78 is 33.8. The van der Waals surface area contributed by atoms with Crippen LogP contribution < -0.4 is 13.9 Å². The van der Waals surface area contributed by atoms with Gasteiger partial charge in [0.1, 0.15) is 5.75 Å². The number of para-hydroxylation sites is 2. The number of hydrogen-bond donors (Lipinski definition) is 0. The van der Waals surface area contributed by atoms with Crippen molar-refractivity contribution in [2.45, 2.75) is 37.6 Å². The lowest BCUT2D eigenvalue weighted by molar-refractivity contribution is -0.120. The van der Waals surface area contributed by atoms with Gasteiger partial charge in [0, 0.05) is 18.3 Å². The first-order valence-corrected chi connectivity index (χ1v) is 12.5. The van der Waals surface area contributed by atoms with Crippen LogP contribution in [-0.4, -0.2) is 33.5 Å². The van der Waals surface area contributed by atoms with Gasteiger partial charge in [-0.25, -0.2) is 8.42 Å². The predicted octanol–water partition coefficient (Wildman–Crippen LogP) is 4.10. The SMILES string of the molecule is Cc1cc(S(=O)(=O)N2CCc3ccccc32)ccc1OCC(=O)N1c2ccccc2CC1C. The number of hydrogen-bond acceptors (Lipinski definition) is 4. The van der Waals surface area contributed by atoms with Crippen LogP contribution in [0.1, 0.15) is 23.6 Å². The number of aryl methyl sites for hydroxylation is 1. The highest BCUT2D eigenvalue weighted by atomic mass is 32.2. The molecule has 3 aromatic rings. The molecule has 0 fully saturated rings. The Morgan fingerprint density at radius 3 is 2.45 bits per heavy atom. The summed E-state index contributed by atoms with van der Waals surface area (Å²) in [6.45, 7) is 4.15. The van der Waals surface area contributed by atoms with E-state index in [2.05, 4.69) is 0 Å². The molecule has 5 rings (SSSR count). The van der Waals surface area contributed by atoms with Crippen molar-refractivity contribution in [3.8, 4) is 5.75 Å². The van der Waals surface area contributed by atoms with Crippen molar-refractivity contribution in [1.82, 2.24) is 0 Å². The van der Waals surface area contributed by atoms with E-state index in [0.717, 1.165) is 28.9 Å². The van der Waals surface area contributed by atoms with E-state index < -0.39 is 10.0 Å². The Labute approximate surface area is 194 Å². The van der Waals surface area contributed by atoms with E-state index in [1.54, 1.807) is 30.0 Å². The average Bonchev–Trinajstić information content (AvgIpc) is 3.38. The third-order valence-electron chi connectivity index (χ3n) is 6.41. The summed E-state index contributed by atoms with van der Waals surface area (Å²) in [4.78, 5) is 14.9. The molecule has 0 aromatic heterocycles. The zero-order chi connectivity index (χ0) is 23.2. The van der Waals surface area contributed by atoms with Gasteiger partial charge in [-0.3, -0.25) is 9.10 Å². The molecule has 170 valence electrons. The zero-order valence-corrected chi connectivity index (χ0v) is 19.5. The molecule has 3 aromatic carbocycles. The fourth-order valence-electron chi connectivity index (χ4n) is 4.78. The van der Waals surface area contributed by atoms with Crippen molar-refractivity contribution in [2.75, 3.05) is 22.4 Å². The third-order valence-corrected chi connectivity index (χ3v) is 8.22. The average molecular weight is 463 g/mol. The Balaban J connectivity index is 1.31. The Kier molecular flexibility index (Phi) is 5.37. The van der Waals surface area contributed by atoms with Crippen LogP contribution in [-0.2, 0) is 27.7 Å². The number of carbonyl (C=O) groups is 1. The highest BCUT2D eigenvalue weighted by Gasteiger charge is 2.32. The van der Waals surface area contributed by atoms with Crippen molar-refractivity contribution in [2.24, 2.45) is 0 Å². The van der Waals surface area contributed by atoms with Crippen LogP contribution in [0.2, 0.25) is 0 Å². The van der Waals surface area contributed by atoms with Crippen LogP contribution in [0, 0.1) is 6.92 Å². The standard InChI is InChI=1S/C26H26N2O4S/c1-18-15-22(33(30,31)27-14-13-20-7-3-5-9-23(20)27)11-12-25(18)32-17-26(29)28-19(2)16-21-8-4-6-10-24(21)28/h3-12,15,19H,13-14,16-17H2,1-2H3. The summed E-state index contributed by atoms with van der Waals surface area (Å²) in [6.07, 6.45) is 1.53. The van der Waals surface area contributed by atoms with Gasteiger partial charge in [0.2, 0.25) is 0 Å². The molecule has 0 saturated heterocycles. The van der Waals surface area contributed by atoms with Crippen LogP contribution in [0.3, 0.4) is 0 Å². The Bertz CT molecular complexity index is 1340. The molecule has 0 radical (unpaired) electrons. The van der Waals surface area contributed by atoms with E-state index >= 15 is 0 Å². The molecular weight excluding hydrogens is 436 g/mol. The van der Waals surface area contributed by atoms with Crippen molar-refractivity contribution in [3.05, 3.63) is 83.4 Å². The molecule has 0 spiro atoms. The first kappa shape index (κ1) is 21.5. The lowest BCUT2D eigenvalue weighted by Gasteiger charge is -2.23. The second-order valence-corrected chi connectivity index (χ2v) is 10.5. The first-order chi connectivity index (χ1) is 15.9. The number of fused-ring (bicyclic) bond motifs is 2. The maximum atomic E-state index is 13.3. The van der Waals surface area contributed by atoms with E-state index in [0.29, 0.717) is 24.3 Å². The number of rotatable bonds is 5. The van der Waals surface area contributed by atoms with Crippen molar-refractivity contribution in [3.63, 3.8) is 0 Å². The van der Waals surface area contributed by atoms with Gasteiger partial charge in [0.05, 0.1) is 10.6 Å². The number of carbonyl (C=O) groups excluding carboxylic acids is 1. The third kappa shape index (κ3) is 3.76. The minimum atomic E-state index is -3.67. The zero-order valence-electron chi connectivity index (χ0n) is 18.7. The van der Waals surface area contributed by atoms with Gasteiger partial charge in [0.25, 0.3) is 15.9 Å². The molecule has 0 saturated carbocycles. The van der Waals surface area contributed by atoms with Crippen LogP contribution in [0.4, 0.5) is 11.4 Å². The lowest BCUT2D eigenvalue weighted by atomic mass is 10.1. The number of amides is 1. The minimum Gasteiger partial charge on any atom is -0.483 e. The summed E-state index contributed by atoms with van der Waals surface area (Å²) in [6, 6.07) is 20.4. The monoisotopic (exact) mass is 462 g/mol. The van der Waals surface area contributed by atoms with Gasteiger partial charge >= 0.3 is 0 Å². The quantitative estimate of drug-likeness (QED) is 0.573. The van der Waals surface area contributed by atoms with Crippen LogP contribution >= 0.6 is 0 Å². The molecule has 0 N–H and O–H groups in total. The molecular formula is C26H26N2O4S. The lowest BCUT2D eigenvalue weighted by Crippen LogP contribution is -2.39. The van der Waals surface area contributed by atoms with Gasteiger partial charge in [-0.2, -0.15) is 0 Å². The van der Waals surface area contributed by atoms with E-state index in [1.807, 2.05) is 55.5 Å². The maximum Gasteiger partial charge on any atom is 0.265 e. The highest BCUT2D eigenvalue weighted by Crippen LogP contribution is 2.34. The van der Waals surface area contributed by atoms with Gasteiger partial charge in [-0.15, -0.1) is 0 Å². The number of anilines is 2. The summed E-state index contributed by atoms with van der Waals surface area (Å²) in [5.41, 5.74) is 4.54. The van der Waals surface area contributed by atoms with Crippen LogP contribution in [0.5, 0.6) is 5.75 Å². The van der Waals surface area contributed by atoms with Gasteiger partial charge in [-0.05, 0) is 73.7 Å². The van der Waals surface area contributed by atoms with Crippen molar-refractivity contribution >= 4 is 27.3 Å². The Hall–Kier alpha value is -3.32. The number of benzene rings is 3. The minimum absolute atomic E-state index is 0.0791. The fourth-order valence-corrected chi connectivity index (χ4v) is 6.37. The molecule has 2 aliphatic heterocycles. The molecule has 0 bridgehead atoms. The normalized spacial score (nSPS) is 17.1. The van der Waals surface area contributed by atoms with E-state index in [1.165, 1.54) is 4.31 Å². The molecule has 7 heteroatoms. The molecule has 1 unspecified atom stereocenters. The fraction of sp³-hybridized carbons (Fsp3) is 0.269. The molecule has 1 amide bonds. The maximum absolute atomic E-state index is 13.3. The second kappa shape index (κ2) is 8.23. The van der Waals surface area contributed by atoms with Gasteiger partial charge in [0.15, 0.2) is 6.61 Å². The van der Waals surface area contributed by atoms with Gasteiger partial charge in [-0.1, -0.05) is 36.4 Å².